The molecule has 484 valence electrons. The van der Waals surface area contributed by atoms with Crippen LogP contribution in [0.1, 0.15) is 219 Å². The first-order valence-electron chi connectivity index (χ1n) is 32.4. The van der Waals surface area contributed by atoms with Crippen LogP contribution in [-0.4, -0.2) is 193 Å². The fraction of sp³-hybridized carbons (Fsp3) is 0.859. The first-order valence-corrected chi connectivity index (χ1v) is 32.4. The van der Waals surface area contributed by atoms with E-state index in [1.165, 1.54) is 122 Å². The maximum atomic E-state index is 13.3. The molecule has 0 aromatic carbocycles. The molecule has 0 aliphatic carbocycles. The van der Waals surface area contributed by atoms with E-state index in [0.717, 1.165) is 64.2 Å². The maximum absolute atomic E-state index is 13.3. The van der Waals surface area contributed by atoms with Crippen LogP contribution < -0.4 is 5.32 Å². The number of allylic oxidation sites excluding steroid dienone is 7. The van der Waals surface area contributed by atoms with Crippen LogP contribution in [-0.2, 0) is 33.2 Å². The van der Waals surface area contributed by atoms with Crippen molar-refractivity contribution in [3.63, 3.8) is 0 Å². The summed E-state index contributed by atoms with van der Waals surface area (Å²) in [7, 11) is 0. The van der Waals surface area contributed by atoms with E-state index >= 15 is 0 Å². The normalized spacial score (nSPS) is 29.7. The predicted octanol–water partition coefficient (Wildman–Crippen LogP) is 7.04. The smallest absolute Gasteiger partial charge is 0.220 e. The second-order valence-corrected chi connectivity index (χ2v) is 23.2. The Bertz CT molecular complexity index is 1700. The third-order valence-electron chi connectivity index (χ3n) is 16.1. The van der Waals surface area contributed by atoms with E-state index in [-0.39, 0.29) is 18.9 Å². The Morgan fingerprint density at radius 2 is 0.783 bits per heavy atom. The van der Waals surface area contributed by atoms with Crippen LogP contribution in [0, 0.1) is 0 Å². The second kappa shape index (κ2) is 46.8. The minimum absolute atomic E-state index is 0.220. The molecule has 0 spiro atoms. The Morgan fingerprint density at radius 3 is 1.24 bits per heavy atom. The molecule has 3 heterocycles. The summed E-state index contributed by atoms with van der Waals surface area (Å²) in [5.74, 6) is -0.302. The Labute approximate surface area is 497 Å². The molecular weight excluding hydrogens is 1070 g/mol. The van der Waals surface area contributed by atoms with Gasteiger partial charge in [0.15, 0.2) is 18.9 Å². The van der Waals surface area contributed by atoms with Crippen molar-refractivity contribution in [2.24, 2.45) is 0 Å². The van der Waals surface area contributed by atoms with Crippen LogP contribution in [0.3, 0.4) is 0 Å². The van der Waals surface area contributed by atoms with Gasteiger partial charge < -0.3 is 89.9 Å². The summed E-state index contributed by atoms with van der Waals surface area (Å²) in [6.45, 7) is 1.64. The molecule has 3 aliphatic heterocycles. The molecule has 0 aromatic rings. The molecule has 0 saturated carbocycles. The quantitative estimate of drug-likeness (QED) is 0.0215. The minimum Gasteiger partial charge on any atom is -0.394 e. The number of aliphatic hydroxyl groups is 11. The van der Waals surface area contributed by atoms with Gasteiger partial charge in [-0.1, -0.05) is 197 Å². The highest BCUT2D eigenvalue weighted by Gasteiger charge is 2.53. The zero-order valence-corrected chi connectivity index (χ0v) is 50.7. The fourth-order valence-electron chi connectivity index (χ4n) is 10.7. The van der Waals surface area contributed by atoms with Crippen molar-refractivity contribution >= 4 is 5.91 Å². The van der Waals surface area contributed by atoms with E-state index in [9.17, 15) is 61.0 Å². The summed E-state index contributed by atoms with van der Waals surface area (Å²) in [4.78, 5) is 13.3. The summed E-state index contributed by atoms with van der Waals surface area (Å²) >= 11 is 0. The van der Waals surface area contributed by atoms with Crippen molar-refractivity contribution in [1.82, 2.24) is 5.32 Å². The highest BCUT2D eigenvalue weighted by atomic mass is 16.8. The van der Waals surface area contributed by atoms with E-state index in [1.54, 1.807) is 6.08 Å². The molecule has 19 nitrogen and oxygen atoms in total. The molecule has 12 N–H and O–H groups in total. The van der Waals surface area contributed by atoms with Crippen LogP contribution in [0.5, 0.6) is 0 Å². The lowest BCUT2D eigenvalue weighted by atomic mass is 9.96. The lowest BCUT2D eigenvalue weighted by Crippen LogP contribution is -2.66. The summed E-state index contributed by atoms with van der Waals surface area (Å²) < 4.78 is 34.2. The largest absolute Gasteiger partial charge is 0.394 e. The lowest BCUT2D eigenvalue weighted by Gasteiger charge is -2.48. The SMILES string of the molecule is CCCC/C=C\CCCCCCCC(=O)NC(COC1OC(CO)C(OC2OC(CO)C(OC3OC(CO)C(O)C(O)C3O)C(O)C2O)C(O)C1O)C(O)/C=C/CC/C=C/CC/C=C/CCCCCCCCCCCCCCCCCCC. The van der Waals surface area contributed by atoms with Crippen LogP contribution >= 0.6 is 0 Å². The van der Waals surface area contributed by atoms with Crippen LogP contribution in [0.25, 0.3) is 0 Å². The third kappa shape index (κ3) is 30.0. The summed E-state index contributed by atoms with van der Waals surface area (Å²) in [6, 6.07) is -1.00. The van der Waals surface area contributed by atoms with E-state index < -0.39 is 124 Å². The first-order chi connectivity index (χ1) is 40.3. The lowest BCUT2D eigenvalue weighted by molar-refractivity contribution is -0.379. The monoisotopic (exact) mass is 1190 g/mol. The highest BCUT2D eigenvalue weighted by molar-refractivity contribution is 5.76. The minimum atomic E-state index is -1.98. The molecule has 17 unspecified atom stereocenters. The van der Waals surface area contributed by atoms with Crippen LogP contribution in [0.4, 0.5) is 0 Å². The van der Waals surface area contributed by atoms with Crippen molar-refractivity contribution in [2.75, 3.05) is 26.4 Å². The zero-order chi connectivity index (χ0) is 60.5. The summed E-state index contributed by atoms with van der Waals surface area (Å²) in [6.07, 6.45) is 26.9. The molecule has 83 heavy (non-hydrogen) atoms. The molecule has 0 bridgehead atoms. The van der Waals surface area contributed by atoms with Gasteiger partial charge in [0, 0.05) is 6.42 Å². The molecular formula is C64H115NO18. The Hall–Kier alpha value is -2.25. The van der Waals surface area contributed by atoms with Crippen molar-refractivity contribution in [1.29, 1.82) is 0 Å². The number of carbonyl (C=O) groups excluding carboxylic acids is 1. The van der Waals surface area contributed by atoms with Crippen molar-refractivity contribution in [3.05, 3.63) is 48.6 Å². The van der Waals surface area contributed by atoms with Gasteiger partial charge in [-0.2, -0.15) is 0 Å². The van der Waals surface area contributed by atoms with E-state index in [2.05, 4.69) is 55.6 Å². The third-order valence-corrected chi connectivity index (χ3v) is 16.1. The number of rotatable bonds is 48. The van der Waals surface area contributed by atoms with Gasteiger partial charge in [0.25, 0.3) is 0 Å². The van der Waals surface area contributed by atoms with Crippen LogP contribution in [0.15, 0.2) is 48.6 Å². The Kier molecular flexibility index (Phi) is 42.3. The number of nitrogens with one attached hydrogen (secondary N) is 1. The molecule has 3 fully saturated rings. The van der Waals surface area contributed by atoms with Crippen molar-refractivity contribution in [3.8, 4) is 0 Å². The number of hydrogen-bond acceptors (Lipinski definition) is 18. The average Bonchev–Trinajstić information content (AvgIpc) is 3.53. The van der Waals surface area contributed by atoms with Gasteiger partial charge >= 0.3 is 0 Å². The van der Waals surface area contributed by atoms with Gasteiger partial charge in [-0.05, 0) is 64.2 Å². The van der Waals surface area contributed by atoms with Gasteiger partial charge in [-0.3, -0.25) is 4.79 Å². The number of ether oxygens (including phenoxy) is 6. The Balaban J connectivity index is 1.45. The van der Waals surface area contributed by atoms with Gasteiger partial charge in [-0.15, -0.1) is 0 Å². The molecule has 3 rings (SSSR count). The van der Waals surface area contributed by atoms with Gasteiger partial charge in [0.1, 0.15) is 73.2 Å². The van der Waals surface area contributed by atoms with Gasteiger partial charge in [0.05, 0.1) is 38.6 Å². The van der Waals surface area contributed by atoms with Crippen molar-refractivity contribution in [2.45, 2.75) is 324 Å². The second-order valence-electron chi connectivity index (χ2n) is 23.2. The number of unbranched alkanes of at least 4 members (excludes halogenated alkanes) is 26. The fourth-order valence-corrected chi connectivity index (χ4v) is 10.7. The molecule has 3 saturated heterocycles. The van der Waals surface area contributed by atoms with E-state index in [4.69, 9.17) is 28.4 Å². The zero-order valence-electron chi connectivity index (χ0n) is 50.7. The van der Waals surface area contributed by atoms with Gasteiger partial charge in [-0.25, -0.2) is 0 Å². The summed E-state index contributed by atoms with van der Waals surface area (Å²) in [5, 5.41) is 120. The number of hydrogen-bond donors (Lipinski definition) is 12. The molecule has 0 radical (unpaired) electrons. The predicted molar refractivity (Wildman–Crippen MR) is 319 cm³/mol. The van der Waals surface area contributed by atoms with Crippen molar-refractivity contribution < 1.29 is 89.4 Å². The molecule has 0 aromatic heterocycles. The molecule has 17 atom stereocenters. The number of aliphatic hydroxyl groups excluding tert-OH is 11. The maximum Gasteiger partial charge on any atom is 0.220 e. The van der Waals surface area contributed by atoms with E-state index in [0.29, 0.717) is 12.8 Å². The van der Waals surface area contributed by atoms with Gasteiger partial charge in [0.2, 0.25) is 5.91 Å². The van der Waals surface area contributed by atoms with E-state index in [1.807, 2.05) is 6.08 Å². The average molecular weight is 1190 g/mol. The molecule has 1 amide bonds. The number of amides is 1. The first kappa shape index (κ1) is 75.0. The highest BCUT2D eigenvalue weighted by Crippen LogP contribution is 2.33. The topological polar surface area (TPSA) is 307 Å². The Morgan fingerprint density at radius 1 is 0.422 bits per heavy atom. The molecule has 19 heteroatoms. The van der Waals surface area contributed by atoms with Crippen LogP contribution in [0.2, 0.25) is 0 Å². The molecule has 3 aliphatic rings. The number of carbonyl (C=O) groups is 1. The standard InChI is InChI=1S/C64H115NO18/c1-3-5-7-9-11-13-15-16-17-18-19-20-21-22-23-24-25-26-27-28-29-30-32-33-35-37-39-41-48(69)47(65-52(70)42-40-38-36-34-31-14-12-10-8-6-4-2)46-78-62-58(76)55(73)60(50(44-67)80-62)83-64-59(77)56(74)61(51(45-68)81-64)82-63-57(75)54(72)53(71)49(43-66)79-63/h10,12,27-28,32-33,39,41,47-51,53-64,66-69,71-77H,3-9,11,13-26,29-31,34-38,40,42-46H2,1-2H3,(H,65,70)/b12-10-,28-27+,33-32+,41-39+. The summed E-state index contributed by atoms with van der Waals surface area (Å²) in [5.41, 5.74) is 0.